The van der Waals surface area contributed by atoms with Crippen LogP contribution in [0.3, 0.4) is 0 Å². The van der Waals surface area contributed by atoms with Gasteiger partial charge < -0.3 is 4.74 Å². The summed E-state index contributed by atoms with van der Waals surface area (Å²) in [7, 11) is 0. The minimum atomic E-state index is -6.14. The Labute approximate surface area is 129 Å². The first kappa shape index (κ1) is 20.1. The first-order valence-electron chi connectivity index (χ1n) is 5.99. The molecule has 0 aliphatic rings. The van der Waals surface area contributed by atoms with E-state index in [0.29, 0.717) is 5.56 Å². The molecule has 1 aromatic carbocycles. The summed E-state index contributed by atoms with van der Waals surface area (Å²) < 4.78 is 120. The Hall–Kier alpha value is -1.91. The van der Waals surface area contributed by atoms with E-state index in [1.54, 1.807) is 0 Å². The highest BCUT2D eigenvalue weighted by molar-refractivity contribution is 5.48. The highest BCUT2D eigenvalue weighted by atomic mass is 19.4. The maximum Gasteiger partial charge on any atom is 0.456 e. The van der Waals surface area contributed by atoms with Gasteiger partial charge in [-0.25, -0.2) is 8.78 Å². The molecule has 2 unspecified atom stereocenters. The Morgan fingerprint density at radius 2 is 1.38 bits per heavy atom. The van der Waals surface area contributed by atoms with E-state index in [2.05, 4.69) is 16.1 Å². The van der Waals surface area contributed by atoms with Gasteiger partial charge in [-0.15, -0.1) is 0 Å². The molecule has 136 valence electrons. The molecule has 0 aliphatic heterocycles. The fourth-order valence-electron chi connectivity index (χ4n) is 1.33. The van der Waals surface area contributed by atoms with E-state index in [-0.39, 0.29) is 0 Å². The largest absolute Gasteiger partial charge is 0.456 e. The van der Waals surface area contributed by atoms with Gasteiger partial charge in [-0.2, -0.15) is 30.7 Å². The van der Waals surface area contributed by atoms with Crippen molar-refractivity contribution in [1.82, 2.24) is 0 Å². The number of hydrogen-bond acceptors (Lipinski definition) is 2. The van der Waals surface area contributed by atoms with Gasteiger partial charge in [0.15, 0.2) is 0 Å². The summed E-state index contributed by atoms with van der Waals surface area (Å²) in [6, 6.07) is 4.18. The normalized spacial score (nSPS) is 15.7. The van der Waals surface area contributed by atoms with Crippen molar-refractivity contribution in [2.45, 2.75) is 30.9 Å². The summed E-state index contributed by atoms with van der Waals surface area (Å²) in [5.41, 5.74) is 0.454. The van der Waals surface area contributed by atoms with Gasteiger partial charge in [0, 0.05) is 0 Å². The smallest absolute Gasteiger partial charge is 0.429 e. The van der Waals surface area contributed by atoms with E-state index in [4.69, 9.17) is 0 Å². The molecule has 1 aromatic rings. The van der Waals surface area contributed by atoms with Crippen molar-refractivity contribution in [2.24, 2.45) is 0 Å². The quantitative estimate of drug-likeness (QED) is 0.623. The van der Waals surface area contributed by atoms with Crippen LogP contribution in [0.4, 0.5) is 39.5 Å². The number of halogens is 9. The van der Waals surface area contributed by atoms with Gasteiger partial charge in [0.2, 0.25) is 0 Å². The maximum atomic E-state index is 13.3. The molecule has 2 nitrogen and oxygen atoms in total. The number of alkyl halides is 9. The van der Waals surface area contributed by atoms with Gasteiger partial charge in [-0.05, 0) is 17.7 Å². The molecule has 0 heterocycles. The van der Waals surface area contributed by atoms with Crippen LogP contribution in [-0.4, -0.2) is 30.9 Å². The van der Waals surface area contributed by atoms with Crippen molar-refractivity contribution in [2.75, 3.05) is 0 Å². The molecule has 0 aliphatic carbocycles. The van der Waals surface area contributed by atoms with Gasteiger partial charge in [0.05, 0.1) is 0 Å². The van der Waals surface area contributed by atoms with Gasteiger partial charge in [0.1, 0.15) is 5.75 Å². The van der Waals surface area contributed by atoms with Crippen molar-refractivity contribution in [3.05, 3.63) is 36.4 Å². The molecule has 0 aromatic heterocycles. The third-order valence-electron chi connectivity index (χ3n) is 2.48. The first-order chi connectivity index (χ1) is 10.8. The Balaban J connectivity index is 2.83. The van der Waals surface area contributed by atoms with Crippen molar-refractivity contribution < 1.29 is 49.0 Å². The van der Waals surface area contributed by atoms with Crippen molar-refractivity contribution >= 4 is 6.08 Å². The Bertz CT molecular complexity index is 554. The third-order valence-corrected chi connectivity index (χ3v) is 2.48. The summed E-state index contributed by atoms with van der Waals surface area (Å²) >= 11 is 0. The van der Waals surface area contributed by atoms with Crippen LogP contribution in [0.1, 0.15) is 5.56 Å². The Kier molecular flexibility index (Phi) is 5.80. The minimum Gasteiger partial charge on any atom is -0.429 e. The summed E-state index contributed by atoms with van der Waals surface area (Å²) in [6.45, 7) is 3.36. The highest BCUT2D eigenvalue weighted by Crippen LogP contribution is 2.39. The van der Waals surface area contributed by atoms with Crippen LogP contribution in [0.5, 0.6) is 5.75 Å². The topological polar surface area (TPSA) is 18.5 Å². The van der Waals surface area contributed by atoms with Gasteiger partial charge >= 0.3 is 24.8 Å². The van der Waals surface area contributed by atoms with E-state index < -0.39 is 36.7 Å². The van der Waals surface area contributed by atoms with Gasteiger partial charge in [-0.3, -0.25) is 4.74 Å². The van der Waals surface area contributed by atoms with E-state index >= 15 is 0 Å². The summed E-state index contributed by atoms with van der Waals surface area (Å²) in [5.74, 6) is -0.701. The zero-order chi connectivity index (χ0) is 18.8. The molecule has 0 fully saturated rings. The van der Waals surface area contributed by atoms with Gasteiger partial charge in [-0.1, -0.05) is 24.8 Å². The molecule has 24 heavy (non-hydrogen) atoms. The maximum absolute atomic E-state index is 13.3. The van der Waals surface area contributed by atoms with E-state index in [1.165, 1.54) is 18.2 Å². The van der Waals surface area contributed by atoms with E-state index in [1.807, 2.05) is 0 Å². The fourth-order valence-corrected chi connectivity index (χ4v) is 1.33. The molecule has 0 spiro atoms. The van der Waals surface area contributed by atoms with Crippen LogP contribution >= 0.6 is 0 Å². The summed E-state index contributed by atoms with van der Waals surface area (Å²) in [5, 5.41) is 0. The lowest BCUT2D eigenvalue weighted by Crippen LogP contribution is -2.49. The lowest BCUT2D eigenvalue weighted by Gasteiger charge is -2.27. The van der Waals surface area contributed by atoms with E-state index in [9.17, 15) is 39.5 Å². The molecule has 0 amide bonds. The summed E-state index contributed by atoms with van der Waals surface area (Å²) in [6.07, 6.45) is -25.2. The molecule has 1 rings (SSSR count). The number of hydrogen-bond donors (Lipinski definition) is 0. The van der Waals surface area contributed by atoms with Crippen molar-refractivity contribution in [3.63, 3.8) is 0 Å². The lowest BCUT2D eigenvalue weighted by molar-refractivity contribution is -0.404. The summed E-state index contributed by atoms with van der Waals surface area (Å²) in [4.78, 5) is 0. The van der Waals surface area contributed by atoms with Crippen molar-refractivity contribution in [1.29, 1.82) is 0 Å². The van der Waals surface area contributed by atoms with E-state index in [0.717, 1.165) is 12.1 Å². The third kappa shape index (κ3) is 5.05. The molecular formula is C13H9F9O2. The van der Waals surface area contributed by atoms with Crippen LogP contribution in [0.2, 0.25) is 0 Å². The predicted octanol–water partition coefficient (Wildman–Crippen LogP) is 5.11. The molecule has 11 heteroatoms. The zero-order valence-electron chi connectivity index (χ0n) is 11.5. The molecule has 0 bridgehead atoms. The molecule has 0 radical (unpaired) electrons. The predicted molar refractivity (Wildman–Crippen MR) is 64.0 cm³/mol. The second-order valence-electron chi connectivity index (χ2n) is 4.34. The fraction of sp³-hybridized carbons (Fsp3) is 0.385. The Morgan fingerprint density at radius 1 is 0.875 bits per heavy atom. The number of ether oxygens (including phenoxy) is 2. The number of rotatable bonds is 7. The SMILES string of the molecule is C=Cc1ccc(OC(F)(F)C(F)OC(F)(F)C(F)C(F)(F)F)cc1. The van der Waals surface area contributed by atoms with Crippen LogP contribution < -0.4 is 4.74 Å². The van der Waals surface area contributed by atoms with Crippen LogP contribution in [-0.2, 0) is 4.74 Å². The average Bonchev–Trinajstić information content (AvgIpc) is 2.45. The monoisotopic (exact) mass is 368 g/mol. The first-order valence-corrected chi connectivity index (χ1v) is 5.99. The second kappa shape index (κ2) is 6.91. The molecule has 0 saturated heterocycles. The van der Waals surface area contributed by atoms with Crippen molar-refractivity contribution in [3.8, 4) is 5.75 Å². The highest BCUT2D eigenvalue weighted by Gasteiger charge is 2.62. The standard InChI is InChI=1S/C13H9F9O2/c1-2-7-3-5-8(6-4-7)23-13(21,22)10(15)24-12(19,20)9(14)11(16,17)18/h2-6,9-10H,1H2. The minimum absolute atomic E-state index is 0.454. The average molecular weight is 368 g/mol. The van der Waals surface area contributed by atoms with Crippen LogP contribution in [0.25, 0.3) is 6.08 Å². The van der Waals surface area contributed by atoms with Gasteiger partial charge in [0.25, 0.3) is 6.17 Å². The van der Waals surface area contributed by atoms with Crippen LogP contribution in [0.15, 0.2) is 30.8 Å². The van der Waals surface area contributed by atoms with Crippen LogP contribution in [0, 0.1) is 0 Å². The molecule has 0 N–H and O–H groups in total. The Morgan fingerprint density at radius 3 is 1.79 bits per heavy atom. The number of benzene rings is 1. The molecule has 0 saturated carbocycles. The zero-order valence-corrected chi connectivity index (χ0v) is 11.5. The second-order valence-corrected chi connectivity index (χ2v) is 4.34. The molecule has 2 atom stereocenters. The lowest BCUT2D eigenvalue weighted by atomic mass is 10.2. The molecular weight excluding hydrogens is 359 g/mol.